The molecule has 0 aliphatic rings. The minimum absolute atomic E-state index is 0.00484. The Labute approximate surface area is 164 Å². The maximum Gasteiger partial charge on any atom is 0.0180 e. The Morgan fingerprint density at radius 3 is 1.73 bits per heavy atom. The van der Waals surface area contributed by atoms with Gasteiger partial charge in [0.2, 0.25) is 0 Å². The molecule has 26 heavy (non-hydrogen) atoms. The minimum atomic E-state index is -0.00484. The van der Waals surface area contributed by atoms with Crippen molar-refractivity contribution in [2.75, 3.05) is 0 Å². The van der Waals surface area contributed by atoms with E-state index in [1.54, 1.807) is 0 Å². The highest BCUT2D eigenvalue weighted by Crippen LogP contribution is 2.30. The lowest BCUT2D eigenvalue weighted by molar-refractivity contribution is 0.229. The third-order valence-corrected chi connectivity index (χ3v) is 6.36. The standard InChI is InChI=1S/C25H45N/c1-4-7-8-9-10-11-12-13-14-18-21-24(25(26,5-2)6-3)22-23-19-16-15-17-20-23/h15-17,19-20,24H,4-14,18,21-22,26H2,1-3H3. The molecule has 1 aromatic carbocycles. The highest BCUT2D eigenvalue weighted by Gasteiger charge is 2.30. The molecule has 150 valence electrons. The van der Waals surface area contributed by atoms with E-state index in [0.29, 0.717) is 5.92 Å². The van der Waals surface area contributed by atoms with E-state index in [1.807, 2.05) is 0 Å². The molecule has 0 radical (unpaired) electrons. The van der Waals surface area contributed by atoms with Crippen LogP contribution in [0.1, 0.15) is 110 Å². The Balaban J connectivity index is 2.31. The van der Waals surface area contributed by atoms with E-state index in [-0.39, 0.29) is 5.54 Å². The highest BCUT2D eigenvalue weighted by atomic mass is 14.7. The molecule has 1 heteroatoms. The van der Waals surface area contributed by atoms with Gasteiger partial charge in [0.25, 0.3) is 0 Å². The summed E-state index contributed by atoms with van der Waals surface area (Å²) in [4.78, 5) is 0. The highest BCUT2D eigenvalue weighted by molar-refractivity contribution is 5.16. The molecule has 2 N–H and O–H groups in total. The fourth-order valence-electron chi connectivity index (χ4n) is 4.20. The van der Waals surface area contributed by atoms with Crippen LogP contribution in [-0.4, -0.2) is 5.54 Å². The number of hydrogen-bond acceptors (Lipinski definition) is 1. The van der Waals surface area contributed by atoms with Gasteiger partial charge in [-0.15, -0.1) is 0 Å². The molecular formula is C25H45N. The van der Waals surface area contributed by atoms with Crippen molar-refractivity contribution in [3.8, 4) is 0 Å². The van der Waals surface area contributed by atoms with Crippen molar-refractivity contribution in [3.63, 3.8) is 0 Å². The smallest absolute Gasteiger partial charge is 0.0180 e. The molecule has 1 aromatic rings. The summed E-state index contributed by atoms with van der Waals surface area (Å²) >= 11 is 0. The molecule has 1 rings (SSSR count). The first-order valence-corrected chi connectivity index (χ1v) is 11.5. The zero-order valence-electron chi connectivity index (χ0n) is 17.9. The molecule has 1 unspecified atom stereocenters. The second-order valence-corrected chi connectivity index (χ2v) is 8.30. The maximum absolute atomic E-state index is 6.81. The third-order valence-electron chi connectivity index (χ3n) is 6.36. The summed E-state index contributed by atoms with van der Waals surface area (Å²) in [5.74, 6) is 0.606. The van der Waals surface area contributed by atoms with Gasteiger partial charge in [-0.2, -0.15) is 0 Å². The van der Waals surface area contributed by atoms with Gasteiger partial charge < -0.3 is 5.73 Å². The molecule has 0 amide bonds. The number of benzene rings is 1. The Morgan fingerprint density at radius 2 is 1.23 bits per heavy atom. The van der Waals surface area contributed by atoms with E-state index >= 15 is 0 Å². The van der Waals surface area contributed by atoms with E-state index < -0.39 is 0 Å². The van der Waals surface area contributed by atoms with Gasteiger partial charge in [0.05, 0.1) is 0 Å². The summed E-state index contributed by atoms with van der Waals surface area (Å²) in [6, 6.07) is 10.9. The maximum atomic E-state index is 6.81. The summed E-state index contributed by atoms with van der Waals surface area (Å²) < 4.78 is 0. The van der Waals surface area contributed by atoms with Gasteiger partial charge in [-0.05, 0) is 37.2 Å². The molecule has 1 nitrogen and oxygen atoms in total. The lowest BCUT2D eigenvalue weighted by atomic mass is 9.74. The van der Waals surface area contributed by atoms with Crippen molar-refractivity contribution in [3.05, 3.63) is 35.9 Å². The lowest BCUT2D eigenvalue weighted by Gasteiger charge is -2.36. The monoisotopic (exact) mass is 359 g/mol. The van der Waals surface area contributed by atoms with Crippen LogP contribution < -0.4 is 5.73 Å². The quantitative estimate of drug-likeness (QED) is 0.301. The molecule has 0 bridgehead atoms. The zero-order valence-corrected chi connectivity index (χ0v) is 17.9. The number of unbranched alkanes of at least 4 members (excludes halogenated alkanes) is 9. The van der Waals surface area contributed by atoms with Crippen LogP contribution in [0.2, 0.25) is 0 Å². The fraction of sp³-hybridized carbons (Fsp3) is 0.760. The van der Waals surface area contributed by atoms with E-state index in [1.165, 1.54) is 76.2 Å². The van der Waals surface area contributed by atoms with Crippen molar-refractivity contribution in [2.45, 2.75) is 116 Å². The van der Waals surface area contributed by atoms with Gasteiger partial charge in [-0.3, -0.25) is 0 Å². The van der Waals surface area contributed by atoms with Crippen LogP contribution in [0.5, 0.6) is 0 Å². The first-order chi connectivity index (χ1) is 12.7. The van der Waals surface area contributed by atoms with Crippen LogP contribution in [0.4, 0.5) is 0 Å². The predicted octanol–water partition coefficient (Wildman–Crippen LogP) is 7.67. The minimum Gasteiger partial charge on any atom is -0.325 e. The van der Waals surface area contributed by atoms with Crippen molar-refractivity contribution >= 4 is 0 Å². The molecule has 0 fully saturated rings. The van der Waals surface area contributed by atoms with Gasteiger partial charge in [-0.1, -0.05) is 115 Å². The van der Waals surface area contributed by atoms with Gasteiger partial charge in [0.1, 0.15) is 0 Å². The summed E-state index contributed by atoms with van der Waals surface area (Å²) in [5, 5.41) is 0. The predicted molar refractivity (Wildman–Crippen MR) is 118 cm³/mol. The van der Waals surface area contributed by atoms with E-state index in [9.17, 15) is 0 Å². The molecule has 0 heterocycles. The molecule has 0 saturated carbocycles. The molecular weight excluding hydrogens is 314 g/mol. The summed E-state index contributed by atoms with van der Waals surface area (Å²) in [5.41, 5.74) is 8.25. The van der Waals surface area contributed by atoms with E-state index in [2.05, 4.69) is 51.1 Å². The van der Waals surface area contributed by atoms with Crippen LogP contribution in [0.3, 0.4) is 0 Å². The SMILES string of the molecule is CCCCCCCCCCCCC(Cc1ccccc1)C(N)(CC)CC. The van der Waals surface area contributed by atoms with Crippen LogP contribution in [-0.2, 0) is 6.42 Å². The topological polar surface area (TPSA) is 26.0 Å². The van der Waals surface area contributed by atoms with Crippen molar-refractivity contribution in [2.24, 2.45) is 11.7 Å². The van der Waals surface area contributed by atoms with Crippen LogP contribution in [0.15, 0.2) is 30.3 Å². The Morgan fingerprint density at radius 1 is 0.731 bits per heavy atom. The van der Waals surface area contributed by atoms with Crippen molar-refractivity contribution in [1.82, 2.24) is 0 Å². The zero-order chi connectivity index (χ0) is 19.1. The molecule has 0 aliphatic heterocycles. The Hall–Kier alpha value is -0.820. The third kappa shape index (κ3) is 9.21. The number of nitrogens with two attached hydrogens (primary N) is 1. The van der Waals surface area contributed by atoms with Gasteiger partial charge >= 0.3 is 0 Å². The first kappa shape index (κ1) is 23.2. The Kier molecular flexibility index (Phi) is 12.7. The normalized spacial score (nSPS) is 13.1. The largest absolute Gasteiger partial charge is 0.325 e. The van der Waals surface area contributed by atoms with Crippen molar-refractivity contribution in [1.29, 1.82) is 0 Å². The average Bonchev–Trinajstić information content (AvgIpc) is 2.68. The van der Waals surface area contributed by atoms with Crippen LogP contribution >= 0.6 is 0 Å². The summed E-state index contributed by atoms with van der Waals surface area (Å²) in [7, 11) is 0. The second-order valence-electron chi connectivity index (χ2n) is 8.30. The van der Waals surface area contributed by atoms with E-state index in [0.717, 1.165) is 19.3 Å². The molecule has 0 spiro atoms. The van der Waals surface area contributed by atoms with Gasteiger partial charge in [0.15, 0.2) is 0 Å². The van der Waals surface area contributed by atoms with Gasteiger partial charge in [0, 0.05) is 5.54 Å². The number of rotatable bonds is 16. The average molecular weight is 360 g/mol. The Bertz CT molecular complexity index is 421. The van der Waals surface area contributed by atoms with Gasteiger partial charge in [-0.25, -0.2) is 0 Å². The lowest BCUT2D eigenvalue weighted by Crippen LogP contribution is -2.47. The summed E-state index contributed by atoms with van der Waals surface area (Å²) in [6.45, 7) is 6.82. The first-order valence-electron chi connectivity index (χ1n) is 11.5. The van der Waals surface area contributed by atoms with Crippen LogP contribution in [0, 0.1) is 5.92 Å². The molecule has 0 saturated heterocycles. The van der Waals surface area contributed by atoms with Crippen LogP contribution in [0.25, 0.3) is 0 Å². The summed E-state index contributed by atoms with van der Waals surface area (Å²) in [6.07, 6.45) is 18.6. The molecule has 0 aliphatic carbocycles. The molecule has 0 aromatic heterocycles. The fourth-order valence-corrected chi connectivity index (χ4v) is 4.20. The number of hydrogen-bond donors (Lipinski definition) is 1. The van der Waals surface area contributed by atoms with E-state index in [4.69, 9.17) is 5.73 Å². The molecule has 1 atom stereocenters. The van der Waals surface area contributed by atoms with Crippen molar-refractivity contribution < 1.29 is 0 Å². The second kappa shape index (κ2) is 14.3.